The lowest BCUT2D eigenvalue weighted by Crippen LogP contribution is -2.51. The highest BCUT2D eigenvalue weighted by molar-refractivity contribution is 6.22. The van der Waals surface area contributed by atoms with Crippen LogP contribution in [-0.4, -0.2) is 28.3 Å². The minimum absolute atomic E-state index is 0.113. The van der Waals surface area contributed by atoms with Crippen molar-refractivity contribution in [2.75, 3.05) is 11.8 Å². The number of hydrogen-bond acceptors (Lipinski definition) is 2. The molecule has 0 spiro atoms. The van der Waals surface area contributed by atoms with E-state index in [0.717, 1.165) is 0 Å². The van der Waals surface area contributed by atoms with Gasteiger partial charge in [0.1, 0.15) is 5.75 Å². The van der Waals surface area contributed by atoms with Crippen LogP contribution in [0.5, 0.6) is 5.75 Å². The van der Waals surface area contributed by atoms with Crippen molar-refractivity contribution in [3.05, 3.63) is 29.8 Å². The number of rotatable bonds is 6. The Morgan fingerprint density at radius 1 is 1.33 bits per heavy atom. The Balaban J connectivity index is 2.70. The molecule has 0 bridgehead atoms. The van der Waals surface area contributed by atoms with Crippen LogP contribution in [-0.2, 0) is 11.2 Å². The third kappa shape index (κ3) is 3.79. The van der Waals surface area contributed by atoms with Crippen LogP contribution in [0.1, 0.15) is 18.9 Å². The Morgan fingerprint density at radius 3 is 2.44 bits per heavy atom. The van der Waals surface area contributed by atoms with Gasteiger partial charge in [-0.15, -0.1) is 23.2 Å². The van der Waals surface area contributed by atoms with Crippen molar-refractivity contribution in [3.8, 4) is 5.75 Å². The van der Waals surface area contributed by atoms with Gasteiger partial charge in [-0.05, 0) is 12.5 Å². The summed E-state index contributed by atoms with van der Waals surface area (Å²) in [5.41, 5.74) is 0.00840. The minimum Gasteiger partial charge on any atom is -0.508 e. The summed E-state index contributed by atoms with van der Waals surface area (Å²) in [7, 11) is 0. The molecule has 0 aromatic heterocycles. The summed E-state index contributed by atoms with van der Waals surface area (Å²) in [6.45, 7) is 1.92. The number of phenols is 1. The van der Waals surface area contributed by atoms with Gasteiger partial charge < -0.3 is 10.4 Å². The van der Waals surface area contributed by atoms with E-state index >= 15 is 0 Å². The normalized spacial score (nSPS) is 11.3. The summed E-state index contributed by atoms with van der Waals surface area (Å²) < 4.78 is 0. The van der Waals surface area contributed by atoms with Gasteiger partial charge in [0, 0.05) is 17.3 Å². The topological polar surface area (TPSA) is 49.3 Å². The molecule has 2 N–H and O–H groups in total. The summed E-state index contributed by atoms with van der Waals surface area (Å²) in [6, 6.07) is 6.76. The number of phenolic OH excluding ortho intramolecular Hbond substituents is 1. The SMILES string of the molecule is CCC(CCl)(CCl)NC(=O)Cc1ccccc1O. The van der Waals surface area contributed by atoms with E-state index in [1.54, 1.807) is 24.3 Å². The fraction of sp³-hybridized carbons (Fsp3) is 0.462. The lowest BCUT2D eigenvalue weighted by molar-refractivity contribution is -0.122. The van der Waals surface area contributed by atoms with Crippen LogP contribution in [0.3, 0.4) is 0 Å². The number of benzene rings is 1. The first-order valence-electron chi connectivity index (χ1n) is 5.76. The number of amides is 1. The van der Waals surface area contributed by atoms with Crippen LogP contribution in [0.15, 0.2) is 24.3 Å². The van der Waals surface area contributed by atoms with Gasteiger partial charge in [-0.2, -0.15) is 0 Å². The van der Waals surface area contributed by atoms with E-state index in [0.29, 0.717) is 12.0 Å². The van der Waals surface area contributed by atoms with E-state index < -0.39 is 5.54 Å². The van der Waals surface area contributed by atoms with Gasteiger partial charge in [0.2, 0.25) is 5.91 Å². The summed E-state index contributed by atoms with van der Waals surface area (Å²) >= 11 is 11.7. The van der Waals surface area contributed by atoms with Crippen molar-refractivity contribution in [1.82, 2.24) is 5.32 Å². The number of para-hydroxylation sites is 1. The zero-order valence-corrected chi connectivity index (χ0v) is 11.8. The molecular weight excluding hydrogens is 273 g/mol. The number of carbonyl (C=O) groups excluding carboxylic acids is 1. The predicted molar refractivity (Wildman–Crippen MR) is 74.4 cm³/mol. The molecule has 0 saturated heterocycles. The number of carbonyl (C=O) groups is 1. The Labute approximate surface area is 117 Å². The highest BCUT2D eigenvalue weighted by Gasteiger charge is 2.28. The third-order valence-electron chi connectivity index (χ3n) is 2.94. The van der Waals surface area contributed by atoms with E-state index in [4.69, 9.17) is 23.2 Å². The zero-order valence-electron chi connectivity index (χ0n) is 10.2. The number of halogens is 2. The monoisotopic (exact) mass is 289 g/mol. The minimum atomic E-state index is -0.579. The number of hydrogen-bond donors (Lipinski definition) is 2. The Hall–Kier alpha value is -0.930. The largest absolute Gasteiger partial charge is 0.508 e. The molecule has 1 aromatic carbocycles. The van der Waals surface area contributed by atoms with Crippen molar-refractivity contribution in [3.63, 3.8) is 0 Å². The van der Waals surface area contributed by atoms with E-state index in [2.05, 4.69) is 5.32 Å². The van der Waals surface area contributed by atoms with E-state index in [1.165, 1.54) is 0 Å². The maximum Gasteiger partial charge on any atom is 0.225 e. The lowest BCUT2D eigenvalue weighted by atomic mass is 10.0. The summed E-state index contributed by atoms with van der Waals surface area (Å²) in [5.74, 6) is 0.449. The Kier molecular flexibility index (Phi) is 5.76. The molecule has 5 heteroatoms. The highest BCUT2D eigenvalue weighted by Crippen LogP contribution is 2.18. The molecule has 0 aliphatic rings. The quantitative estimate of drug-likeness (QED) is 0.791. The molecule has 3 nitrogen and oxygen atoms in total. The highest BCUT2D eigenvalue weighted by atomic mass is 35.5. The molecule has 100 valence electrons. The van der Waals surface area contributed by atoms with E-state index in [-0.39, 0.29) is 29.8 Å². The average Bonchev–Trinajstić information content (AvgIpc) is 2.39. The summed E-state index contributed by atoms with van der Waals surface area (Å²) in [6.07, 6.45) is 0.773. The zero-order chi connectivity index (χ0) is 13.6. The molecule has 0 aliphatic carbocycles. The van der Waals surface area contributed by atoms with Gasteiger partial charge in [-0.3, -0.25) is 4.79 Å². The fourth-order valence-corrected chi connectivity index (χ4v) is 2.35. The van der Waals surface area contributed by atoms with Crippen molar-refractivity contribution in [2.45, 2.75) is 25.3 Å². The van der Waals surface area contributed by atoms with Crippen LogP contribution in [0.2, 0.25) is 0 Å². The van der Waals surface area contributed by atoms with Gasteiger partial charge in [0.15, 0.2) is 0 Å². The van der Waals surface area contributed by atoms with E-state index in [9.17, 15) is 9.90 Å². The molecular formula is C13H17Cl2NO2. The molecule has 0 unspecified atom stereocenters. The second-order valence-electron chi connectivity index (χ2n) is 4.25. The number of nitrogens with one attached hydrogen (secondary N) is 1. The first-order chi connectivity index (χ1) is 8.56. The van der Waals surface area contributed by atoms with Crippen molar-refractivity contribution < 1.29 is 9.90 Å². The molecule has 0 heterocycles. The predicted octanol–water partition coefficient (Wildman–Crippen LogP) is 2.68. The second kappa shape index (κ2) is 6.86. The van der Waals surface area contributed by atoms with Gasteiger partial charge in [-0.1, -0.05) is 25.1 Å². The molecule has 18 heavy (non-hydrogen) atoms. The van der Waals surface area contributed by atoms with E-state index in [1.807, 2.05) is 6.92 Å². The molecule has 1 amide bonds. The molecule has 0 atom stereocenters. The van der Waals surface area contributed by atoms with Crippen LogP contribution in [0.25, 0.3) is 0 Å². The van der Waals surface area contributed by atoms with Crippen LogP contribution >= 0.6 is 23.2 Å². The second-order valence-corrected chi connectivity index (χ2v) is 4.79. The maximum atomic E-state index is 11.9. The fourth-order valence-electron chi connectivity index (χ4n) is 1.55. The van der Waals surface area contributed by atoms with Crippen LogP contribution < -0.4 is 5.32 Å². The van der Waals surface area contributed by atoms with Crippen molar-refractivity contribution >= 4 is 29.1 Å². The standard InChI is InChI=1S/C13H17Cl2NO2/c1-2-13(8-14,9-15)16-12(18)7-10-5-3-4-6-11(10)17/h3-6,17H,2,7-9H2,1H3,(H,16,18). The molecule has 0 saturated carbocycles. The molecule has 0 radical (unpaired) electrons. The molecule has 0 aliphatic heterocycles. The van der Waals surface area contributed by atoms with Gasteiger partial charge >= 0.3 is 0 Å². The Morgan fingerprint density at radius 2 is 1.94 bits per heavy atom. The maximum absolute atomic E-state index is 11.9. The van der Waals surface area contributed by atoms with Crippen LogP contribution in [0, 0.1) is 0 Å². The van der Waals surface area contributed by atoms with Crippen molar-refractivity contribution in [2.24, 2.45) is 0 Å². The van der Waals surface area contributed by atoms with Crippen molar-refractivity contribution in [1.29, 1.82) is 0 Å². The van der Waals surface area contributed by atoms with Gasteiger partial charge in [0.05, 0.1) is 12.0 Å². The number of aromatic hydroxyl groups is 1. The average molecular weight is 290 g/mol. The first-order valence-corrected chi connectivity index (χ1v) is 6.83. The Bertz CT molecular complexity index is 397. The number of alkyl halides is 2. The van der Waals surface area contributed by atoms with Gasteiger partial charge in [-0.25, -0.2) is 0 Å². The summed E-state index contributed by atoms with van der Waals surface area (Å²) in [5, 5.41) is 12.4. The summed E-state index contributed by atoms with van der Waals surface area (Å²) in [4.78, 5) is 11.9. The van der Waals surface area contributed by atoms with Gasteiger partial charge in [0.25, 0.3) is 0 Å². The molecule has 1 rings (SSSR count). The lowest BCUT2D eigenvalue weighted by Gasteiger charge is -2.29. The molecule has 0 fully saturated rings. The van der Waals surface area contributed by atoms with Crippen LogP contribution in [0.4, 0.5) is 0 Å². The third-order valence-corrected chi connectivity index (χ3v) is 3.96. The first kappa shape index (κ1) is 15.1. The molecule has 1 aromatic rings. The smallest absolute Gasteiger partial charge is 0.225 e.